The maximum absolute atomic E-state index is 12.1. The molecule has 0 saturated heterocycles. The summed E-state index contributed by atoms with van der Waals surface area (Å²) in [6.45, 7) is 2.86. The lowest BCUT2D eigenvalue weighted by Gasteiger charge is -2.11. The third kappa shape index (κ3) is 3.76. The topological polar surface area (TPSA) is 116 Å². The number of nitrogens with zero attached hydrogens (tertiary/aromatic N) is 3. The predicted molar refractivity (Wildman–Crippen MR) is 96.7 cm³/mol. The molecule has 1 amide bonds. The Bertz CT molecular complexity index is 1020. The molecule has 0 aliphatic rings. The first kappa shape index (κ1) is 18.1. The average molecular weight is 368 g/mol. The van der Waals surface area contributed by atoms with Crippen molar-refractivity contribution < 1.29 is 19.2 Å². The number of benzene rings is 1. The van der Waals surface area contributed by atoms with Crippen molar-refractivity contribution in [2.24, 2.45) is 0 Å². The van der Waals surface area contributed by atoms with E-state index in [2.05, 4.69) is 10.3 Å². The van der Waals surface area contributed by atoms with Gasteiger partial charge in [-0.15, -0.1) is 0 Å². The second-order valence-electron chi connectivity index (χ2n) is 5.88. The van der Waals surface area contributed by atoms with Crippen LogP contribution in [0.4, 0.5) is 11.4 Å². The number of rotatable bonds is 5. The molecule has 3 rings (SSSR count). The molecule has 9 heteroatoms. The molecule has 138 valence electrons. The molecule has 0 bridgehead atoms. The second-order valence-corrected chi connectivity index (χ2v) is 5.88. The molecule has 0 unspecified atom stereocenters. The number of ether oxygens (including phenoxy) is 1. The van der Waals surface area contributed by atoms with Crippen molar-refractivity contribution in [3.8, 4) is 0 Å². The van der Waals surface area contributed by atoms with Crippen LogP contribution in [0.5, 0.6) is 0 Å². The van der Waals surface area contributed by atoms with Crippen molar-refractivity contribution in [2.45, 2.75) is 13.8 Å². The van der Waals surface area contributed by atoms with Crippen molar-refractivity contribution >= 4 is 28.9 Å². The molecule has 0 atom stereocenters. The van der Waals surface area contributed by atoms with Gasteiger partial charge in [0.15, 0.2) is 12.3 Å². The average Bonchev–Trinajstić information content (AvgIpc) is 3.07. The Kier molecular flexibility index (Phi) is 4.84. The summed E-state index contributed by atoms with van der Waals surface area (Å²) >= 11 is 0. The number of nitrogens with one attached hydrogen (secondary N) is 1. The number of carbonyl (C=O) groups excluding carboxylic acids is 2. The number of carbonyl (C=O) groups is 2. The van der Waals surface area contributed by atoms with Crippen molar-refractivity contribution in [1.29, 1.82) is 0 Å². The summed E-state index contributed by atoms with van der Waals surface area (Å²) < 4.78 is 6.61. The summed E-state index contributed by atoms with van der Waals surface area (Å²) in [5.41, 5.74) is 1.86. The number of hydrogen-bond acceptors (Lipinski definition) is 6. The van der Waals surface area contributed by atoms with Crippen LogP contribution in [0.1, 0.15) is 21.6 Å². The van der Waals surface area contributed by atoms with Crippen molar-refractivity contribution in [3.63, 3.8) is 0 Å². The van der Waals surface area contributed by atoms with Gasteiger partial charge in [0.25, 0.3) is 11.6 Å². The predicted octanol–water partition coefficient (Wildman–Crippen LogP) is 2.65. The van der Waals surface area contributed by atoms with Gasteiger partial charge in [-0.3, -0.25) is 14.9 Å². The Balaban J connectivity index is 1.69. The number of amides is 1. The zero-order chi connectivity index (χ0) is 19.6. The third-order valence-electron chi connectivity index (χ3n) is 4.08. The van der Waals surface area contributed by atoms with Crippen LogP contribution in [0.15, 0.2) is 42.7 Å². The van der Waals surface area contributed by atoms with Gasteiger partial charge in [-0.2, -0.15) is 0 Å². The number of esters is 1. The van der Waals surface area contributed by atoms with Crippen LogP contribution in [0.25, 0.3) is 5.65 Å². The smallest absolute Gasteiger partial charge is 0.359 e. The maximum atomic E-state index is 12.1. The highest BCUT2D eigenvalue weighted by Gasteiger charge is 2.20. The lowest BCUT2D eigenvalue weighted by atomic mass is 10.1. The third-order valence-corrected chi connectivity index (χ3v) is 4.08. The quantitative estimate of drug-likeness (QED) is 0.420. The number of aryl methyl sites for hydroxylation is 1. The number of nitro benzene ring substituents is 1. The van der Waals surface area contributed by atoms with E-state index in [1.807, 2.05) is 0 Å². The van der Waals surface area contributed by atoms with E-state index in [-0.39, 0.29) is 17.1 Å². The monoisotopic (exact) mass is 368 g/mol. The van der Waals surface area contributed by atoms with Crippen LogP contribution < -0.4 is 5.32 Å². The maximum Gasteiger partial charge on any atom is 0.359 e. The van der Waals surface area contributed by atoms with E-state index in [1.165, 1.54) is 12.3 Å². The number of imidazole rings is 1. The minimum Gasteiger partial charge on any atom is -0.451 e. The summed E-state index contributed by atoms with van der Waals surface area (Å²) in [6.07, 6.45) is 3.22. The van der Waals surface area contributed by atoms with E-state index < -0.39 is 23.4 Å². The molecule has 0 radical (unpaired) electrons. The standard InChI is InChI=1S/C18H16N4O5/c1-11-6-7-14(22(25)26)17(12(11)2)20-16(23)10-27-18(24)13-9-21-8-4-3-5-15(21)19-13/h3-9H,10H2,1-2H3,(H,20,23). The molecular formula is C18H16N4O5. The SMILES string of the molecule is Cc1ccc([N+](=O)[O-])c(NC(=O)COC(=O)c2cn3ccccc3n2)c1C. The molecule has 3 aromatic rings. The molecule has 1 N–H and O–H groups in total. The van der Waals surface area contributed by atoms with Gasteiger partial charge in [0.05, 0.1) is 4.92 Å². The first-order chi connectivity index (χ1) is 12.9. The molecule has 2 aromatic heterocycles. The molecule has 9 nitrogen and oxygen atoms in total. The van der Waals surface area contributed by atoms with Crippen molar-refractivity contribution in [3.05, 3.63) is 69.7 Å². The van der Waals surface area contributed by atoms with Gasteiger partial charge >= 0.3 is 5.97 Å². The summed E-state index contributed by atoms with van der Waals surface area (Å²) in [7, 11) is 0. The molecule has 0 spiro atoms. The van der Waals surface area contributed by atoms with Crippen LogP contribution in [0.2, 0.25) is 0 Å². The lowest BCUT2D eigenvalue weighted by Crippen LogP contribution is -2.22. The normalized spacial score (nSPS) is 10.6. The second kappa shape index (κ2) is 7.24. The molecular weight excluding hydrogens is 352 g/mol. The fourth-order valence-electron chi connectivity index (χ4n) is 2.53. The van der Waals surface area contributed by atoms with E-state index in [1.54, 1.807) is 48.7 Å². The number of aromatic nitrogens is 2. The Hall–Kier alpha value is -3.75. The largest absolute Gasteiger partial charge is 0.451 e. The minimum absolute atomic E-state index is 0.0618. The molecule has 0 fully saturated rings. The molecule has 1 aromatic carbocycles. The molecule has 0 aliphatic carbocycles. The Morgan fingerprint density at radius 3 is 2.74 bits per heavy atom. The molecule has 2 heterocycles. The fourth-order valence-corrected chi connectivity index (χ4v) is 2.53. The van der Waals surface area contributed by atoms with Gasteiger partial charge in [-0.05, 0) is 37.1 Å². The summed E-state index contributed by atoms with van der Waals surface area (Å²) in [5, 5.41) is 13.6. The number of pyridine rings is 1. The van der Waals surface area contributed by atoms with Crippen LogP contribution >= 0.6 is 0 Å². The van der Waals surface area contributed by atoms with E-state index in [4.69, 9.17) is 4.74 Å². The summed E-state index contributed by atoms with van der Waals surface area (Å²) in [6, 6.07) is 8.21. The zero-order valence-electron chi connectivity index (χ0n) is 14.6. The molecule has 0 aliphatic heterocycles. The highest BCUT2D eigenvalue weighted by atomic mass is 16.6. The van der Waals surface area contributed by atoms with Gasteiger partial charge in [-0.25, -0.2) is 9.78 Å². The summed E-state index contributed by atoms with van der Waals surface area (Å²) in [4.78, 5) is 38.9. The van der Waals surface area contributed by atoms with Gasteiger partial charge in [0.1, 0.15) is 11.3 Å². The highest BCUT2D eigenvalue weighted by Crippen LogP contribution is 2.30. The van der Waals surface area contributed by atoms with Gasteiger partial charge in [-0.1, -0.05) is 12.1 Å². The van der Waals surface area contributed by atoms with Gasteiger partial charge < -0.3 is 14.5 Å². The van der Waals surface area contributed by atoms with Gasteiger partial charge in [0.2, 0.25) is 0 Å². The summed E-state index contributed by atoms with van der Waals surface area (Å²) in [5.74, 6) is -1.44. The molecule has 27 heavy (non-hydrogen) atoms. The van der Waals surface area contributed by atoms with E-state index in [0.717, 1.165) is 5.56 Å². The first-order valence-electron chi connectivity index (χ1n) is 8.02. The van der Waals surface area contributed by atoms with Crippen LogP contribution in [-0.2, 0) is 9.53 Å². The zero-order valence-corrected chi connectivity index (χ0v) is 14.6. The van der Waals surface area contributed by atoms with E-state index in [0.29, 0.717) is 11.2 Å². The van der Waals surface area contributed by atoms with Crippen LogP contribution in [-0.4, -0.2) is 32.8 Å². The first-order valence-corrected chi connectivity index (χ1v) is 8.02. The van der Waals surface area contributed by atoms with Crippen LogP contribution in [0, 0.1) is 24.0 Å². The van der Waals surface area contributed by atoms with E-state index >= 15 is 0 Å². The fraction of sp³-hybridized carbons (Fsp3) is 0.167. The van der Waals surface area contributed by atoms with Gasteiger partial charge in [0, 0.05) is 18.5 Å². The van der Waals surface area contributed by atoms with Crippen molar-refractivity contribution in [1.82, 2.24) is 9.38 Å². The Morgan fingerprint density at radius 1 is 1.26 bits per heavy atom. The Morgan fingerprint density at radius 2 is 2.04 bits per heavy atom. The minimum atomic E-state index is -0.760. The Labute approximate surface area is 153 Å². The number of nitro groups is 1. The number of fused-ring (bicyclic) bond motifs is 1. The van der Waals surface area contributed by atoms with Crippen molar-refractivity contribution in [2.75, 3.05) is 11.9 Å². The highest BCUT2D eigenvalue weighted by molar-refractivity contribution is 5.97. The molecule has 0 saturated carbocycles. The van der Waals surface area contributed by atoms with E-state index in [9.17, 15) is 19.7 Å². The van der Waals surface area contributed by atoms with Crippen LogP contribution in [0.3, 0.4) is 0 Å². The number of anilines is 1. The number of hydrogen-bond donors (Lipinski definition) is 1. The lowest BCUT2D eigenvalue weighted by molar-refractivity contribution is -0.384.